The fourth-order valence-corrected chi connectivity index (χ4v) is 5.85. The van der Waals surface area contributed by atoms with Crippen LogP contribution in [0.1, 0.15) is 5.56 Å². The summed E-state index contributed by atoms with van der Waals surface area (Å²) in [7, 11) is -2.09. The number of fused-ring (bicyclic) bond motifs is 1. The average molecular weight is 606 g/mol. The molecular weight excluding hydrogens is 566 g/mol. The van der Waals surface area contributed by atoms with Crippen LogP contribution in [0.2, 0.25) is 0 Å². The van der Waals surface area contributed by atoms with E-state index >= 15 is 0 Å². The van der Waals surface area contributed by atoms with E-state index < -0.39 is 10.1 Å². The Bertz CT molecular complexity index is 1570. The molecule has 1 aromatic heterocycles. The van der Waals surface area contributed by atoms with Gasteiger partial charge in [0.1, 0.15) is 5.75 Å². The first-order valence-corrected chi connectivity index (χ1v) is 16.0. The number of hydrogen-bond donors (Lipinski definition) is 0. The monoisotopic (exact) mass is 605 g/mol. The highest BCUT2D eigenvalue weighted by atomic mass is 32.2. The lowest BCUT2D eigenvalue weighted by Gasteiger charge is -2.36. The summed E-state index contributed by atoms with van der Waals surface area (Å²) in [5.41, 5.74) is 5.22. The second-order valence-corrected chi connectivity index (χ2v) is 12.1. The number of anilines is 1. The van der Waals surface area contributed by atoms with Crippen LogP contribution < -0.4 is 9.64 Å². The Balaban J connectivity index is 0.952. The lowest BCUT2D eigenvalue weighted by Crippen LogP contribution is -2.47. The van der Waals surface area contributed by atoms with Crippen molar-refractivity contribution in [2.24, 2.45) is 0 Å². The summed E-state index contributed by atoms with van der Waals surface area (Å²) < 4.78 is 45.9. The van der Waals surface area contributed by atoms with Crippen molar-refractivity contribution < 1.29 is 26.8 Å². The van der Waals surface area contributed by atoms with Crippen molar-refractivity contribution in [3.8, 4) is 17.0 Å². The van der Waals surface area contributed by atoms with E-state index in [1.54, 1.807) is 31.4 Å². The van der Waals surface area contributed by atoms with E-state index in [2.05, 4.69) is 46.2 Å². The maximum Gasteiger partial charge on any atom is 0.297 e. The van der Waals surface area contributed by atoms with E-state index in [1.165, 1.54) is 5.69 Å². The molecule has 0 radical (unpaired) electrons. The molecule has 1 aliphatic heterocycles. The van der Waals surface area contributed by atoms with E-state index in [9.17, 15) is 8.42 Å². The Morgan fingerprint density at radius 3 is 2.19 bits per heavy atom. The summed E-state index contributed by atoms with van der Waals surface area (Å²) >= 11 is 0. The number of benzene rings is 3. The fourth-order valence-electron chi connectivity index (χ4n) is 4.96. The van der Waals surface area contributed by atoms with Crippen molar-refractivity contribution in [2.75, 3.05) is 77.8 Å². The molecule has 228 valence electrons. The molecule has 3 aromatic carbocycles. The molecule has 9 nitrogen and oxygen atoms in total. The summed E-state index contributed by atoms with van der Waals surface area (Å²) in [6.07, 6.45) is 0. The van der Waals surface area contributed by atoms with Crippen molar-refractivity contribution in [2.45, 2.75) is 11.8 Å². The van der Waals surface area contributed by atoms with Gasteiger partial charge in [-0.05, 0) is 55.5 Å². The van der Waals surface area contributed by atoms with Crippen LogP contribution in [0.4, 0.5) is 5.69 Å². The molecule has 0 saturated carbocycles. The van der Waals surface area contributed by atoms with Crippen LogP contribution in [-0.4, -0.2) is 91.2 Å². The second kappa shape index (κ2) is 14.8. The van der Waals surface area contributed by atoms with Gasteiger partial charge in [0, 0.05) is 49.4 Å². The van der Waals surface area contributed by atoms with E-state index in [0.29, 0.717) is 19.8 Å². The van der Waals surface area contributed by atoms with Gasteiger partial charge in [-0.3, -0.25) is 9.08 Å². The Morgan fingerprint density at radius 2 is 1.47 bits per heavy atom. The molecule has 0 amide bonds. The molecule has 0 bridgehead atoms. The molecular formula is C33H39N3O6S. The average Bonchev–Trinajstić information content (AvgIpc) is 3.04. The highest BCUT2D eigenvalue weighted by Crippen LogP contribution is 2.26. The largest absolute Gasteiger partial charge is 0.497 e. The van der Waals surface area contributed by atoms with Gasteiger partial charge in [-0.2, -0.15) is 8.42 Å². The third kappa shape index (κ3) is 8.52. The number of aromatic nitrogens is 1. The second-order valence-electron chi connectivity index (χ2n) is 10.4. The molecule has 43 heavy (non-hydrogen) atoms. The molecule has 1 aliphatic rings. The maximum absolute atomic E-state index is 12.2. The Labute approximate surface area is 254 Å². The molecule has 1 fully saturated rings. The molecule has 0 spiro atoms. The summed E-state index contributed by atoms with van der Waals surface area (Å²) in [6.45, 7) is 8.27. The zero-order valence-corrected chi connectivity index (χ0v) is 25.6. The first-order valence-electron chi connectivity index (χ1n) is 14.6. The molecule has 0 atom stereocenters. The zero-order valence-electron chi connectivity index (χ0n) is 24.8. The topological polar surface area (TPSA) is 90.4 Å². The molecule has 10 heteroatoms. The van der Waals surface area contributed by atoms with Gasteiger partial charge in [-0.1, -0.05) is 35.9 Å². The first kappa shape index (κ1) is 30.9. The minimum Gasteiger partial charge on any atom is -0.497 e. The fraction of sp³-hybridized carbons (Fsp3) is 0.364. The first-order chi connectivity index (χ1) is 20.9. The third-order valence-corrected chi connectivity index (χ3v) is 8.82. The number of hydrogen-bond acceptors (Lipinski definition) is 9. The van der Waals surface area contributed by atoms with Crippen molar-refractivity contribution >= 4 is 26.7 Å². The minimum atomic E-state index is -3.76. The SMILES string of the molecule is COc1ccc2nc(-c3ccc(N4CCN(CCOCCOCCOS(=O)(=O)c5ccc(C)cc5)CC4)cc3)ccc2c1. The highest BCUT2D eigenvalue weighted by molar-refractivity contribution is 7.86. The van der Waals surface area contributed by atoms with Gasteiger partial charge in [0.2, 0.25) is 0 Å². The van der Waals surface area contributed by atoms with Crippen molar-refractivity contribution in [3.63, 3.8) is 0 Å². The molecule has 0 unspecified atom stereocenters. The molecule has 1 saturated heterocycles. The molecule has 0 N–H and O–H groups in total. The van der Waals surface area contributed by atoms with Crippen molar-refractivity contribution in [1.82, 2.24) is 9.88 Å². The summed E-state index contributed by atoms with van der Waals surface area (Å²) in [5, 5.41) is 1.06. The van der Waals surface area contributed by atoms with Crippen LogP contribution in [0.5, 0.6) is 5.75 Å². The van der Waals surface area contributed by atoms with Crippen LogP contribution in [0.15, 0.2) is 83.8 Å². The Hall–Kier alpha value is -3.54. The summed E-state index contributed by atoms with van der Waals surface area (Å²) in [5.74, 6) is 0.832. The Kier molecular flexibility index (Phi) is 10.6. The normalized spacial score (nSPS) is 14.3. The Morgan fingerprint density at radius 1 is 0.767 bits per heavy atom. The van der Waals surface area contributed by atoms with E-state index in [-0.39, 0.29) is 18.1 Å². The van der Waals surface area contributed by atoms with Crippen molar-refractivity contribution in [3.05, 3.63) is 84.4 Å². The number of methoxy groups -OCH3 is 1. The molecule has 0 aliphatic carbocycles. The van der Waals surface area contributed by atoms with Gasteiger partial charge in [-0.15, -0.1) is 0 Å². The van der Waals surface area contributed by atoms with E-state index in [4.69, 9.17) is 23.4 Å². The quantitative estimate of drug-likeness (QED) is 0.149. The maximum atomic E-state index is 12.2. The van der Waals surface area contributed by atoms with Crippen LogP contribution in [0.25, 0.3) is 22.2 Å². The van der Waals surface area contributed by atoms with Crippen molar-refractivity contribution in [1.29, 1.82) is 0 Å². The summed E-state index contributed by atoms with van der Waals surface area (Å²) in [6, 6.07) is 25.3. The predicted molar refractivity (Wildman–Crippen MR) is 168 cm³/mol. The number of piperazine rings is 1. The lowest BCUT2D eigenvalue weighted by atomic mass is 10.1. The minimum absolute atomic E-state index is 0.0282. The van der Waals surface area contributed by atoms with Gasteiger partial charge in [0.15, 0.2) is 0 Å². The summed E-state index contributed by atoms with van der Waals surface area (Å²) in [4.78, 5) is 9.80. The van der Waals surface area contributed by atoms with Gasteiger partial charge in [0.05, 0.1) is 56.3 Å². The molecule has 2 heterocycles. The van der Waals surface area contributed by atoms with E-state index in [0.717, 1.165) is 66.2 Å². The lowest BCUT2D eigenvalue weighted by molar-refractivity contribution is 0.0294. The smallest absolute Gasteiger partial charge is 0.297 e. The number of aryl methyl sites for hydroxylation is 1. The van der Waals surface area contributed by atoms with Crippen LogP contribution in [0, 0.1) is 6.92 Å². The number of ether oxygens (including phenoxy) is 3. The zero-order chi connectivity index (χ0) is 30.1. The molecule has 5 rings (SSSR count). The standard InChI is InChI=1S/C33H39N3O6S/c1-26-3-11-31(12-4-26)43(37,38)42-24-23-41-22-21-40-20-19-35-15-17-36(18-16-35)29-8-5-27(6-9-29)32-13-7-28-25-30(39-2)10-14-33(28)34-32/h3-14,25H,15-24H2,1-2H3. The van der Waals surface area contributed by atoms with Gasteiger partial charge >= 0.3 is 0 Å². The predicted octanol–water partition coefficient (Wildman–Crippen LogP) is 4.78. The van der Waals surface area contributed by atoms with Crippen LogP contribution in [-0.2, 0) is 23.8 Å². The number of nitrogens with zero attached hydrogens (tertiary/aromatic N) is 3. The van der Waals surface area contributed by atoms with Gasteiger partial charge < -0.3 is 19.1 Å². The third-order valence-electron chi connectivity index (χ3n) is 7.50. The number of rotatable bonds is 14. The van der Waals surface area contributed by atoms with Gasteiger partial charge in [0.25, 0.3) is 10.1 Å². The van der Waals surface area contributed by atoms with E-state index in [1.807, 2.05) is 25.1 Å². The highest BCUT2D eigenvalue weighted by Gasteiger charge is 2.17. The number of pyridine rings is 1. The van der Waals surface area contributed by atoms with Crippen LogP contribution in [0.3, 0.4) is 0 Å². The van der Waals surface area contributed by atoms with Gasteiger partial charge in [-0.25, -0.2) is 4.98 Å². The molecule has 4 aromatic rings. The van der Waals surface area contributed by atoms with Crippen LogP contribution >= 0.6 is 0 Å².